The van der Waals surface area contributed by atoms with E-state index < -0.39 is 26.6 Å². The molecule has 1 amide bonds. The van der Waals surface area contributed by atoms with Crippen LogP contribution in [0.1, 0.15) is 21.6 Å². The van der Waals surface area contributed by atoms with Gasteiger partial charge >= 0.3 is 0 Å². The van der Waals surface area contributed by atoms with Gasteiger partial charge in [-0.15, -0.1) is 0 Å². The first-order valence-corrected chi connectivity index (χ1v) is 11.5. The van der Waals surface area contributed by atoms with Crippen LogP contribution < -0.4 is 0 Å². The lowest BCUT2D eigenvalue weighted by atomic mass is 10.2. The lowest BCUT2D eigenvalue weighted by molar-refractivity contribution is 0.0696. The van der Waals surface area contributed by atoms with Crippen LogP contribution in [-0.4, -0.2) is 59.5 Å². The summed E-state index contributed by atoms with van der Waals surface area (Å²) < 4.78 is 56.2. The summed E-state index contributed by atoms with van der Waals surface area (Å²) in [4.78, 5) is 13.6. The first-order valence-electron chi connectivity index (χ1n) is 10.1. The average Bonchev–Trinajstić information content (AvgIpc) is 3.14. The second-order valence-corrected chi connectivity index (χ2v) is 9.46. The maximum Gasteiger partial charge on any atom is 0.257 e. The van der Waals surface area contributed by atoms with Gasteiger partial charge in [0, 0.05) is 26.2 Å². The lowest BCUT2D eigenvalue weighted by Gasteiger charge is -2.34. The Morgan fingerprint density at radius 3 is 2.19 bits per heavy atom. The maximum absolute atomic E-state index is 14.0. The molecule has 1 fully saturated rings. The minimum atomic E-state index is -4.35. The summed E-state index contributed by atoms with van der Waals surface area (Å²) in [6, 6.07) is 10.6. The van der Waals surface area contributed by atoms with E-state index in [4.69, 9.17) is 0 Å². The number of hydrogen-bond acceptors (Lipinski definition) is 4. The molecular weight excluding hydrogens is 438 g/mol. The minimum Gasteiger partial charge on any atom is -0.336 e. The first-order chi connectivity index (χ1) is 15.2. The fraction of sp³-hybridized carbons (Fsp3) is 0.273. The van der Waals surface area contributed by atoms with Gasteiger partial charge in [-0.25, -0.2) is 21.9 Å². The summed E-state index contributed by atoms with van der Waals surface area (Å²) in [6.45, 7) is 3.83. The fourth-order valence-corrected chi connectivity index (χ4v) is 5.35. The van der Waals surface area contributed by atoms with Crippen LogP contribution in [0.5, 0.6) is 0 Å². The number of halogens is 2. The molecule has 0 unspecified atom stereocenters. The van der Waals surface area contributed by atoms with Crippen molar-refractivity contribution in [2.45, 2.75) is 18.7 Å². The van der Waals surface area contributed by atoms with Crippen LogP contribution in [0.3, 0.4) is 0 Å². The molecule has 4 rings (SSSR count). The molecule has 0 N–H and O–H groups in total. The molecule has 7 nitrogen and oxygen atoms in total. The molecule has 32 heavy (non-hydrogen) atoms. The molecule has 0 radical (unpaired) electrons. The smallest absolute Gasteiger partial charge is 0.257 e. The van der Waals surface area contributed by atoms with Crippen LogP contribution in [0, 0.1) is 25.5 Å². The number of hydrogen-bond donors (Lipinski definition) is 0. The number of sulfonamides is 1. The SMILES string of the molecule is Cc1ccccc1-n1ncc(C(=O)N2CCN(S(=O)(=O)c3c(F)cccc3F)CC2)c1C. The van der Waals surface area contributed by atoms with Gasteiger partial charge in [0.1, 0.15) is 11.6 Å². The number of nitrogens with zero attached hydrogens (tertiary/aromatic N) is 4. The summed E-state index contributed by atoms with van der Waals surface area (Å²) >= 11 is 0. The van der Waals surface area contributed by atoms with Gasteiger partial charge < -0.3 is 4.90 Å². The molecule has 2 aromatic carbocycles. The van der Waals surface area contributed by atoms with Gasteiger partial charge in [0.15, 0.2) is 4.90 Å². The van der Waals surface area contributed by atoms with Gasteiger partial charge in [0.05, 0.1) is 23.1 Å². The summed E-state index contributed by atoms with van der Waals surface area (Å²) in [5.74, 6) is -2.54. The monoisotopic (exact) mass is 460 g/mol. The normalized spacial score (nSPS) is 15.2. The third-order valence-corrected chi connectivity index (χ3v) is 7.58. The lowest BCUT2D eigenvalue weighted by Crippen LogP contribution is -2.50. The van der Waals surface area contributed by atoms with Crippen molar-refractivity contribution in [2.75, 3.05) is 26.2 Å². The van der Waals surface area contributed by atoms with Crippen LogP contribution in [0.4, 0.5) is 8.78 Å². The molecule has 0 atom stereocenters. The number of amides is 1. The highest BCUT2D eigenvalue weighted by atomic mass is 32.2. The maximum atomic E-state index is 14.0. The van der Waals surface area contributed by atoms with Crippen molar-refractivity contribution >= 4 is 15.9 Å². The van der Waals surface area contributed by atoms with E-state index in [1.54, 1.807) is 11.6 Å². The Morgan fingerprint density at radius 1 is 0.938 bits per heavy atom. The molecule has 2 heterocycles. The molecule has 0 spiro atoms. The number of aryl methyl sites for hydroxylation is 1. The van der Waals surface area contributed by atoms with Crippen LogP contribution in [0.2, 0.25) is 0 Å². The third-order valence-electron chi connectivity index (χ3n) is 5.63. The summed E-state index contributed by atoms with van der Waals surface area (Å²) in [7, 11) is -4.35. The Morgan fingerprint density at radius 2 is 1.56 bits per heavy atom. The highest BCUT2D eigenvalue weighted by Gasteiger charge is 2.34. The topological polar surface area (TPSA) is 75.5 Å². The van der Waals surface area contributed by atoms with Crippen molar-refractivity contribution in [2.24, 2.45) is 0 Å². The molecular formula is C22H22F2N4O3S. The summed E-state index contributed by atoms with van der Waals surface area (Å²) in [6.07, 6.45) is 1.50. The van der Waals surface area contributed by atoms with Gasteiger partial charge in [-0.1, -0.05) is 24.3 Å². The van der Waals surface area contributed by atoms with E-state index in [2.05, 4.69) is 5.10 Å². The van der Waals surface area contributed by atoms with Crippen molar-refractivity contribution in [3.05, 3.63) is 77.1 Å². The summed E-state index contributed by atoms with van der Waals surface area (Å²) in [5, 5.41) is 4.36. The van der Waals surface area contributed by atoms with Crippen LogP contribution in [0.25, 0.3) is 5.69 Å². The highest BCUT2D eigenvalue weighted by molar-refractivity contribution is 7.89. The van der Waals surface area contributed by atoms with E-state index in [-0.39, 0.29) is 32.1 Å². The second-order valence-electron chi connectivity index (χ2n) is 7.59. The minimum absolute atomic E-state index is 0.0627. The third kappa shape index (κ3) is 3.80. The van der Waals surface area contributed by atoms with Crippen molar-refractivity contribution in [1.29, 1.82) is 0 Å². The molecule has 10 heteroatoms. The number of carbonyl (C=O) groups is 1. The van der Waals surface area contributed by atoms with Crippen molar-refractivity contribution < 1.29 is 22.0 Å². The highest BCUT2D eigenvalue weighted by Crippen LogP contribution is 2.24. The molecule has 3 aromatic rings. The van der Waals surface area contributed by atoms with E-state index in [9.17, 15) is 22.0 Å². The van der Waals surface area contributed by atoms with Gasteiger partial charge in [-0.05, 0) is 37.6 Å². The quantitative estimate of drug-likeness (QED) is 0.600. The van der Waals surface area contributed by atoms with Gasteiger partial charge in [0.2, 0.25) is 10.0 Å². The molecule has 1 aliphatic rings. The fourth-order valence-electron chi connectivity index (χ4n) is 3.82. The van der Waals surface area contributed by atoms with Crippen molar-refractivity contribution in [3.8, 4) is 5.69 Å². The number of benzene rings is 2. The van der Waals surface area contributed by atoms with E-state index in [0.29, 0.717) is 11.3 Å². The molecule has 168 valence electrons. The molecule has 0 saturated carbocycles. The molecule has 1 aliphatic heterocycles. The Labute approximate surface area is 184 Å². The van der Waals surface area contributed by atoms with E-state index in [1.807, 2.05) is 31.2 Å². The van der Waals surface area contributed by atoms with Gasteiger partial charge in [0.25, 0.3) is 5.91 Å². The zero-order valence-electron chi connectivity index (χ0n) is 17.6. The Balaban J connectivity index is 1.51. The number of para-hydroxylation sites is 1. The predicted molar refractivity (Wildman–Crippen MR) is 114 cm³/mol. The first kappa shape index (κ1) is 22.1. The van der Waals surface area contributed by atoms with E-state index >= 15 is 0 Å². The zero-order chi connectivity index (χ0) is 23.0. The van der Waals surface area contributed by atoms with Crippen LogP contribution in [0.15, 0.2) is 53.6 Å². The number of rotatable bonds is 4. The van der Waals surface area contributed by atoms with Crippen LogP contribution in [-0.2, 0) is 10.0 Å². The zero-order valence-corrected chi connectivity index (χ0v) is 18.4. The summed E-state index contributed by atoms with van der Waals surface area (Å²) in [5.41, 5.74) is 2.97. The largest absolute Gasteiger partial charge is 0.336 e. The Kier molecular flexibility index (Phi) is 5.83. The predicted octanol–water partition coefficient (Wildman–Crippen LogP) is 2.91. The molecule has 1 aromatic heterocycles. The van der Waals surface area contributed by atoms with E-state index in [0.717, 1.165) is 33.8 Å². The number of aromatic nitrogens is 2. The van der Waals surface area contributed by atoms with Gasteiger partial charge in [-0.2, -0.15) is 9.40 Å². The van der Waals surface area contributed by atoms with Gasteiger partial charge in [-0.3, -0.25) is 4.79 Å². The average molecular weight is 461 g/mol. The molecule has 0 bridgehead atoms. The van der Waals surface area contributed by atoms with E-state index in [1.165, 1.54) is 11.1 Å². The number of piperazine rings is 1. The standard InChI is InChI=1S/C22H22F2N4O3S/c1-15-6-3-4-9-20(15)28-16(2)17(14-25-28)22(29)26-10-12-27(13-11-26)32(30,31)21-18(23)7-5-8-19(21)24/h3-9,14H,10-13H2,1-2H3. The molecule has 1 saturated heterocycles. The molecule has 0 aliphatic carbocycles. The van der Waals surface area contributed by atoms with Crippen LogP contribution >= 0.6 is 0 Å². The van der Waals surface area contributed by atoms with Crippen molar-refractivity contribution in [3.63, 3.8) is 0 Å². The van der Waals surface area contributed by atoms with Crippen molar-refractivity contribution in [1.82, 2.24) is 19.0 Å². The second kappa shape index (κ2) is 8.44. The Hall–Kier alpha value is -3.11. The number of carbonyl (C=O) groups excluding carboxylic acids is 1. The Bertz CT molecular complexity index is 1260.